The maximum atomic E-state index is 12.9. The summed E-state index contributed by atoms with van der Waals surface area (Å²) >= 11 is 0. The van der Waals surface area contributed by atoms with Gasteiger partial charge in [-0.1, -0.05) is 18.2 Å². The molecular formula is C22H29N5O. The average Bonchev–Trinajstić information content (AvgIpc) is 3.14. The maximum absolute atomic E-state index is 12.9. The molecule has 2 aliphatic heterocycles. The van der Waals surface area contributed by atoms with Crippen molar-refractivity contribution in [3.05, 3.63) is 53.7 Å². The molecule has 1 N–H and O–H groups in total. The van der Waals surface area contributed by atoms with E-state index >= 15 is 0 Å². The number of pyridine rings is 1. The number of likely N-dealkylation sites (N-methyl/N-ethyl adjacent to an activating group) is 1. The van der Waals surface area contributed by atoms with Crippen LogP contribution in [-0.2, 0) is 6.42 Å². The van der Waals surface area contributed by atoms with Gasteiger partial charge in [0.05, 0.1) is 5.56 Å². The number of anilines is 2. The first-order valence-electron chi connectivity index (χ1n) is 10.1. The van der Waals surface area contributed by atoms with E-state index in [0.717, 1.165) is 57.2 Å². The standard InChI is InChI=1S/C22H29N5O/c1-17(16-26-13-11-25(2)12-14-26)24-21-8-7-19(15-23-21)22(28)27-10-9-18-5-3-4-6-20(18)27/h3-8,15,17H,9-14,16H2,1-2H3,(H,23,24)/t17-/m1/s1. The van der Waals surface area contributed by atoms with Crippen molar-refractivity contribution in [2.75, 3.05) is 56.5 Å². The second kappa shape index (κ2) is 8.29. The van der Waals surface area contributed by atoms with Crippen molar-refractivity contribution >= 4 is 17.4 Å². The lowest BCUT2D eigenvalue weighted by atomic mass is 10.2. The van der Waals surface area contributed by atoms with E-state index in [1.54, 1.807) is 6.20 Å². The minimum absolute atomic E-state index is 0.0227. The van der Waals surface area contributed by atoms with E-state index < -0.39 is 0 Å². The summed E-state index contributed by atoms with van der Waals surface area (Å²) in [5, 5.41) is 3.46. The van der Waals surface area contributed by atoms with Crippen LogP contribution in [0.2, 0.25) is 0 Å². The summed E-state index contributed by atoms with van der Waals surface area (Å²) in [6.45, 7) is 8.39. The SMILES string of the molecule is C[C@H](CN1CCN(C)CC1)Nc1ccc(C(=O)N2CCc3ccccc32)cn1. The summed E-state index contributed by atoms with van der Waals surface area (Å²) in [6, 6.07) is 12.2. The maximum Gasteiger partial charge on any atom is 0.259 e. The first-order valence-corrected chi connectivity index (χ1v) is 10.1. The predicted molar refractivity (Wildman–Crippen MR) is 113 cm³/mol. The van der Waals surface area contributed by atoms with Crippen LogP contribution in [0.5, 0.6) is 0 Å². The van der Waals surface area contributed by atoms with E-state index in [2.05, 4.69) is 40.1 Å². The van der Waals surface area contributed by atoms with Crippen LogP contribution in [0.25, 0.3) is 0 Å². The van der Waals surface area contributed by atoms with Crippen molar-refractivity contribution in [3.63, 3.8) is 0 Å². The molecule has 1 aromatic heterocycles. The third-order valence-corrected chi connectivity index (χ3v) is 5.66. The van der Waals surface area contributed by atoms with Gasteiger partial charge in [0.1, 0.15) is 5.82 Å². The molecule has 0 radical (unpaired) electrons. The van der Waals surface area contributed by atoms with E-state index in [0.29, 0.717) is 11.6 Å². The summed E-state index contributed by atoms with van der Waals surface area (Å²) in [5.74, 6) is 0.842. The normalized spacial score (nSPS) is 18.7. The number of hydrogen-bond donors (Lipinski definition) is 1. The number of nitrogens with one attached hydrogen (secondary N) is 1. The monoisotopic (exact) mass is 379 g/mol. The van der Waals surface area contributed by atoms with Gasteiger partial charge in [-0.15, -0.1) is 0 Å². The molecule has 0 saturated carbocycles. The number of nitrogens with zero attached hydrogens (tertiary/aromatic N) is 4. The van der Waals surface area contributed by atoms with Crippen LogP contribution in [0.4, 0.5) is 11.5 Å². The lowest BCUT2D eigenvalue weighted by Crippen LogP contribution is -2.47. The summed E-state index contributed by atoms with van der Waals surface area (Å²) in [5.41, 5.74) is 2.89. The second-order valence-corrected chi connectivity index (χ2v) is 7.92. The van der Waals surface area contributed by atoms with Gasteiger partial charge >= 0.3 is 0 Å². The third-order valence-electron chi connectivity index (χ3n) is 5.66. The molecule has 6 heteroatoms. The van der Waals surface area contributed by atoms with Gasteiger partial charge in [0.2, 0.25) is 0 Å². The molecule has 0 unspecified atom stereocenters. The Labute approximate surface area is 167 Å². The lowest BCUT2D eigenvalue weighted by Gasteiger charge is -2.34. The van der Waals surface area contributed by atoms with Crippen LogP contribution in [0.3, 0.4) is 0 Å². The van der Waals surface area contributed by atoms with Crippen molar-refractivity contribution in [2.24, 2.45) is 0 Å². The summed E-state index contributed by atoms with van der Waals surface area (Å²) in [6.07, 6.45) is 2.60. The number of hydrogen-bond acceptors (Lipinski definition) is 5. The first kappa shape index (κ1) is 18.9. The zero-order chi connectivity index (χ0) is 19.5. The van der Waals surface area contributed by atoms with Crippen molar-refractivity contribution in [3.8, 4) is 0 Å². The molecule has 148 valence electrons. The van der Waals surface area contributed by atoms with Crippen molar-refractivity contribution in [1.82, 2.24) is 14.8 Å². The molecule has 0 spiro atoms. The molecule has 4 rings (SSSR count). The minimum Gasteiger partial charge on any atom is -0.366 e. The fourth-order valence-corrected chi connectivity index (χ4v) is 4.03. The fourth-order valence-electron chi connectivity index (χ4n) is 4.03. The highest BCUT2D eigenvalue weighted by atomic mass is 16.2. The van der Waals surface area contributed by atoms with E-state index in [-0.39, 0.29) is 5.91 Å². The van der Waals surface area contributed by atoms with Crippen LogP contribution >= 0.6 is 0 Å². The average molecular weight is 380 g/mol. The van der Waals surface area contributed by atoms with Gasteiger partial charge in [0.15, 0.2) is 0 Å². The molecule has 1 fully saturated rings. The Kier molecular flexibility index (Phi) is 5.59. The first-order chi connectivity index (χ1) is 13.6. The number of aromatic nitrogens is 1. The van der Waals surface area contributed by atoms with Gasteiger partial charge in [-0.2, -0.15) is 0 Å². The smallest absolute Gasteiger partial charge is 0.259 e. The highest BCUT2D eigenvalue weighted by Crippen LogP contribution is 2.28. The molecule has 1 amide bonds. The number of carbonyl (C=O) groups is 1. The number of fused-ring (bicyclic) bond motifs is 1. The van der Waals surface area contributed by atoms with Crippen LogP contribution in [-0.4, -0.2) is 73.0 Å². The molecule has 0 aliphatic carbocycles. The number of benzene rings is 1. The zero-order valence-corrected chi connectivity index (χ0v) is 16.8. The van der Waals surface area contributed by atoms with E-state index in [1.807, 2.05) is 35.2 Å². The zero-order valence-electron chi connectivity index (χ0n) is 16.8. The number of carbonyl (C=O) groups excluding carboxylic acids is 1. The van der Waals surface area contributed by atoms with Gasteiger partial charge in [0, 0.05) is 57.2 Å². The number of piperazine rings is 1. The van der Waals surface area contributed by atoms with E-state index in [4.69, 9.17) is 0 Å². The molecule has 3 heterocycles. The molecule has 28 heavy (non-hydrogen) atoms. The topological polar surface area (TPSA) is 51.7 Å². The molecule has 1 atom stereocenters. The second-order valence-electron chi connectivity index (χ2n) is 7.92. The van der Waals surface area contributed by atoms with Crippen LogP contribution < -0.4 is 10.2 Å². The van der Waals surface area contributed by atoms with Crippen LogP contribution in [0, 0.1) is 0 Å². The predicted octanol–water partition coefficient (Wildman–Crippen LogP) is 2.33. The van der Waals surface area contributed by atoms with Crippen molar-refractivity contribution < 1.29 is 4.79 Å². The molecule has 0 bridgehead atoms. The Morgan fingerprint density at radius 2 is 1.89 bits per heavy atom. The van der Waals surface area contributed by atoms with Gasteiger partial charge < -0.3 is 15.1 Å². The molecule has 2 aromatic rings. The number of amides is 1. The van der Waals surface area contributed by atoms with E-state index in [9.17, 15) is 4.79 Å². The molecular weight excluding hydrogens is 350 g/mol. The molecule has 1 saturated heterocycles. The summed E-state index contributed by atoms with van der Waals surface area (Å²) in [4.78, 5) is 24.1. The molecule has 2 aliphatic rings. The van der Waals surface area contributed by atoms with Gasteiger partial charge in [-0.3, -0.25) is 9.69 Å². The Hall–Kier alpha value is -2.44. The Morgan fingerprint density at radius 3 is 2.64 bits per heavy atom. The number of para-hydroxylation sites is 1. The number of rotatable bonds is 5. The van der Waals surface area contributed by atoms with E-state index in [1.165, 1.54) is 5.56 Å². The summed E-state index contributed by atoms with van der Waals surface area (Å²) < 4.78 is 0. The third kappa shape index (κ3) is 4.18. The van der Waals surface area contributed by atoms with Crippen molar-refractivity contribution in [2.45, 2.75) is 19.4 Å². The molecule has 6 nitrogen and oxygen atoms in total. The highest BCUT2D eigenvalue weighted by molar-refractivity contribution is 6.07. The lowest BCUT2D eigenvalue weighted by molar-refractivity contribution is 0.0989. The van der Waals surface area contributed by atoms with Gasteiger partial charge in [-0.25, -0.2) is 4.98 Å². The Morgan fingerprint density at radius 1 is 1.11 bits per heavy atom. The van der Waals surface area contributed by atoms with Gasteiger partial charge in [0.25, 0.3) is 5.91 Å². The largest absolute Gasteiger partial charge is 0.366 e. The van der Waals surface area contributed by atoms with Crippen LogP contribution in [0.1, 0.15) is 22.8 Å². The molecule has 1 aromatic carbocycles. The quantitative estimate of drug-likeness (QED) is 0.864. The van der Waals surface area contributed by atoms with Crippen molar-refractivity contribution in [1.29, 1.82) is 0 Å². The fraction of sp³-hybridized carbons (Fsp3) is 0.455. The van der Waals surface area contributed by atoms with Gasteiger partial charge in [-0.05, 0) is 44.2 Å². The Bertz CT molecular complexity index is 814. The highest BCUT2D eigenvalue weighted by Gasteiger charge is 2.25. The summed E-state index contributed by atoms with van der Waals surface area (Å²) in [7, 11) is 2.17. The Balaban J connectivity index is 1.34. The van der Waals surface area contributed by atoms with Crippen LogP contribution in [0.15, 0.2) is 42.6 Å². The minimum atomic E-state index is 0.0227.